The summed E-state index contributed by atoms with van der Waals surface area (Å²) in [6, 6.07) is 5.77. The molecule has 1 aromatic rings. The van der Waals surface area contributed by atoms with Crippen molar-refractivity contribution < 1.29 is 14.3 Å². The Morgan fingerprint density at radius 1 is 1.22 bits per heavy atom. The van der Waals surface area contributed by atoms with Crippen molar-refractivity contribution in [2.24, 2.45) is 0 Å². The van der Waals surface area contributed by atoms with Gasteiger partial charge in [-0.2, -0.15) is 0 Å². The van der Waals surface area contributed by atoms with E-state index in [1.54, 1.807) is 11.8 Å². The summed E-state index contributed by atoms with van der Waals surface area (Å²) < 4.78 is 6.64. The van der Waals surface area contributed by atoms with Crippen LogP contribution in [-0.2, 0) is 9.59 Å². The van der Waals surface area contributed by atoms with E-state index in [1.165, 1.54) is 0 Å². The third-order valence-corrected chi connectivity index (χ3v) is 4.61. The number of rotatable bonds is 4. The van der Waals surface area contributed by atoms with Gasteiger partial charge in [0.2, 0.25) is 5.91 Å². The van der Waals surface area contributed by atoms with Gasteiger partial charge in [-0.15, -0.1) is 0 Å². The minimum atomic E-state index is -0.553. The van der Waals surface area contributed by atoms with E-state index in [0.29, 0.717) is 38.3 Å². The SMILES string of the molecule is CCC(=O)N1CCN(C(=O)C(C)Oc2ccc(C)cc2Br)CC1. The van der Waals surface area contributed by atoms with Gasteiger partial charge in [-0.25, -0.2) is 0 Å². The number of amides is 2. The van der Waals surface area contributed by atoms with Gasteiger partial charge in [0.15, 0.2) is 6.10 Å². The number of benzene rings is 1. The van der Waals surface area contributed by atoms with Crippen molar-refractivity contribution in [3.63, 3.8) is 0 Å². The van der Waals surface area contributed by atoms with Gasteiger partial charge >= 0.3 is 0 Å². The molecular formula is C17H23BrN2O3. The van der Waals surface area contributed by atoms with Crippen LogP contribution in [0.1, 0.15) is 25.8 Å². The molecule has 0 bridgehead atoms. The number of hydrogen-bond acceptors (Lipinski definition) is 3. The Labute approximate surface area is 145 Å². The van der Waals surface area contributed by atoms with Crippen LogP contribution in [0.25, 0.3) is 0 Å². The monoisotopic (exact) mass is 382 g/mol. The zero-order valence-electron chi connectivity index (χ0n) is 13.8. The first-order valence-electron chi connectivity index (χ1n) is 7.91. The molecule has 1 fully saturated rings. The Morgan fingerprint density at radius 3 is 2.39 bits per heavy atom. The van der Waals surface area contributed by atoms with Gasteiger partial charge in [-0.05, 0) is 47.5 Å². The normalized spacial score (nSPS) is 16.2. The summed E-state index contributed by atoms with van der Waals surface area (Å²) in [6.45, 7) is 7.94. The Balaban J connectivity index is 1.92. The van der Waals surface area contributed by atoms with E-state index in [-0.39, 0.29) is 11.8 Å². The van der Waals surface area contributed by atoms with E-state index >= 15 is 0 Å². The fourth-order valence-corrected chi connectivity index (χ4v) is 3.19. The maximum absolute atomic E-state index is 12.5. The quantitative estimate of drug-likeness (QED) is 0.803. The second kappa shape index (κ2) is 7.81. The molecule has 2 amide bonds. The zero-order chi connectivity index (χ0) is 17.0. The summed E-state index contributed by atoms with van der Waals surface area (Å²) in [4.78, 5) is 27.8. The number of hydrogen-bond donors (Lipinski definition) is 0. The van der Waals surface area contributed by atoms with Crippen LogP contribution in [0.5, 0.6) is 5.75 Å². The highest BCUT2D eigenvalue weighted by atomic mass is 79.9. The summed E-state index contributed by atoms with van der Waals surface area (Å²) >= 11 is 3.46. The standard InChI is InChI=1S/C17H23BrN2O3/c1-4-16(21)19-7-9-20(10-8-19)17(22)13(3)23-15-6-5-12(2)11-14(15)18/h5-6,11,13H,4,7-10H2,1-3H3. The molecule has 6 heteroatoms. The lowest BCUT2D eigenvalue weighted by Crippen LogP contribution is -2.53. The Kier molecular flexibility index (Phi) is 6.04. The molecule has 0 aliphatic carbocycles. The van der Waals surface area contributed by atoms with Crippen LogP contribution in [-0.4, -0.2) is 53.9 Å². The Hall–Kier alpha value is -1.56. The van der Waals surface area contributed by atoms with Gasteiger partial charge in [0, 0.05) is 32.6 Å². The van der Waals surface area contributed by atoms with Crippen molar-refractivity contribution in [1.82, 2.24) is 9.80 Å². The van der Waals surface area contributed by atoms with Crippen LogP contribution >= 0.6 is 15.9 Å². The molecule has 1 atom stereocenters. The summed E-state index contributed by atoms with van der Waals surface area (Å²) in [6.07, 6.45) is -0.0445. The Morgan fingerprint density at radius 2 is 1.83 bits per heavy atom. The number of aryl methyl sites for hydroxylation is 1. The number of nitrogens with zero attached hydrogens (tertiary/aromatic N) is 2. The third kappa shape index (κ3) is 4.47. The smallest absolute Gasteiger partial charge is 0.263 e. The summed E-state index contributed by atoms with van der Waals surface area (Å²) in [5.41, 5.74) is 1.12. The largest absolute Gasteiger partial charge is 0.480 e. The van der Waals surface area contributed by atoms with E-state index in [0.717, 1.165) is 10.0 Å². The van der Waals surface area contributed by atoms with Gasteiger partial charge in [0.05, 0.1) is 4.47 Å². The highest BCUT2D eigenvalue weighted by molar-refractivity contribution is 9.10. The number of ether oxygens (including phenoxy) is 1. The molecule has 2 rings (SSSR count). The molecule has 0 N–H and O–H groups in total. The molecule has 0 aromatic heterocycles. The van der Waals surface area contributed by atoms with Gasteiger partial charge < -0.3 is 14.5 Å². The van der Waals surface area contributed by atoms with Crippen molar-refractivity contribution in [1.29, 1.82) is 0 Å². The fraction of sp³-hybridized carbons (Fsp3) is 0.529. The highest BCUT2D eigenvalue weighted by Crippen LogP contribution is 2.27. The van der Waals surface area contributed by atoms with Crippen molar-refractivity contribution in [3.05, 3.63) is 28.2 Å². The number of piperazine rings is 1. The van der Waals surface area contributed by atoms with Crippen molar-refractivity contribution in [3.8, 4) is 5.75 Å². The number of carbonyl (C=O) groups excluding carboxylic acids is 2. The van der Waals surface area contributed by atoms with E-state index in [2.05, 4.69) is 15.9 Å². The predicted octanol–water partition coefficient (Wildman–Crippen LogP) is 2.61. The minimum absolute atomic E-state index is 0.0407. The molecule has 1 heterocycles. The van der Waals surface area contributed by atoms with Crippen LogP contribution in [0.15, 0.2) is 22.7 Å². The van der Waals surface area contributed by atoms with E-state index in [4.69, 9.17) is 4.74 Å². The summed E-state index contributed by atoms with van der Waals surface area (Å²) in [5, 5.41) is 0. The molecule has 0 spiro atoms. The maximum Gasteiger partial charge on any atom is 0.263 e. The Bertz CT molecular complexity index is 583. The molecule has 0 radical (unpaired) electrons. The molecule has 23 heavy (non-hydrogen) atoms. The lowest BCUT2D eigenvalue weighted by atomic mass is 10.2. The molecule has 1 aromatic carbocycles. The van der Waals surface area contributed by atoms with Gasteiger partial charge in [0.25, 0.3) is 5.91 Å². The highest BCUT2D eigenvalue weighted by Gasteiger charge is 2.27. The molecule has 126 valence electrons. The van der Waals surface area contributed by atoms with Crippen molar-refractivity contribution in [2.45, 2.75) is 33.3 Å². The van der Waals surface area contributed by atoms with Crippen molar-refractivity contribution in [2.75, 3.05) is 26.2 Å². The van der Waals surface area contributed by atoms with E-state index in [1.807, 2.05) is 36.9 Å². The van der Waals surface area contributed by atoms with Crippen LogP contribution < -0.4 is 4.74 Å². The van der Waals surface area contributed by atoms with Gasteiger partial charge in [-0.3, -0.25) is 9.59 Å². The average Bonchev–Trinajstić information content (AvgIpc) is 2.56. The van der Waals surface area contributed by atoms with E-state index < -0.39 is 6.10 Å². The maximum atomic E-state index is 12.5. The fourth-order valence-electron chi connectivity index (χ4n) is 2.60. The second-order valence-electron chi connectivity index (χ2n) is 5.75. The molecular weight excluding hydrogens is 360 g/mol. The third-order valence-electron chi connectivity index (χ3n) is 3.99. The molecule has 1 unspecified atom stereocenters. The molecule has 1 aliphatic heterocycles. The van der Waals surface area contributed by atoms with Gasteiger partial charge in [-0.1, -0.05) is 13.0 Å². The summed E-state index contributed by atoms with van der Waals surface area (Å²) in [5.74, 6) is 0.766. The first-order chi connectivity index (χ1) is 10.9. The van der Waals surface area contributed by atoms with Gasteiger partial charge in [0.1, 0.15) is 5.75 Å². The second-order valence-corrected chi connectivity index (χ2v) is 6.61. The van der Waals surface area contributed by atoms with Crippen molar-refractivity contribution >= 4 is 27.7 Å². The lowest BCUT2D eigenvalue weighted by Gasteiger charge is -2.35. The first-order valence-corrected chi connectivity index (χ1v) is 8.71. The van der Waals surface area contributed by atoms with Crippen LogP contribution in [0.3, 0.4) is 0 Å². The molecule has 1 saturated heterocycles. The lowest BCUT2D eigenvalue weighted by molar-refractivity contribution is -0.143. The van der Waals surface area contributed by atoms with Crippen LogP contribution in [0, 0.1) is 6.92 Å². The number of halogens is 1. The zero-order valence-corrected chi connectivity index (χ0v) is 15.4. The first kappa shape index (κ1) is 17.8. The topological polar surface area (TPSA) is 49.9 Å². The minimum Gasteiger partial charge on any atom is -0.480 e. The summed E-state index contributed by atoms with van der Waals surface area (Å²) in [7, 11) is 0. The number of carbonyl (C=O) groups is 2. The van der Waals surface area contributed by atoms with Crippen LogP contribution in [0.4, 0.5) is 0 Å². The molecule has 0 saturated carbocycles. The average molecular weight is 383 g/mol. The predicted molar refractivity (Wildman–Crippen MR) is 92.4 cm³/mol. The van der Waals surface area contributed by atoms with E-state index in [9.17, 15) is 9.59 Å². The van der Waals surface area contributed by atoms with Crippen LogP contribution in [0.2, 0.25) is 0 Å². The molecule has 1 aliphatic rings. The molecule has 5 nitrogen and oxygen atoms in total.